The van der Waals surface area contributed by atoms with Crippen molar-refractivity contribution in [3.05, 3.63) is 28.9 Å². The number of aryl methyl sites for hydroxylation is 1. The largest absolute Gasteiger partial charge is 0.481 e. The molecule has 0 spiro atoms. The normalized spacial score (nSPS) is 10.9. The molecule has 1 aromatic carbocycles. The number of benzene rings is 1. The highest BCUT2D eigenvalue weighted by atomic mass is 35.5. The minimum absolute atomic E-state index is 0.0163. The van der Waals surface area contributed by atoms with Gasteiger partial charge in [-0.05, 0) is 24.6 Å². The number of aliphatic carboxylic acids is 1. The Morgan fingerprint density at radius 1 is 1.56 bits per heavy atom. The van der Waals surface area contributed by atoms with Gasteiger partial charge in [0.25, 0.3) is 0 Å². The second-order valence-electron chi connectivity index (χ2n) is 3.53. The highest BCUT2D eigenvalue weighted by molar-refractivity contribution is 6.34. The number of halogens is 1. The molecule has 0 amide bonds. The minimum Gasteiger partial charge on any atom is -0.481 e. The summed E-state index contributed by atoms with van der Waals surface area (Å²) >= 11 is 5.97. The zero-order chi connectivity index (χ0) is 11.7. The molecule has 2 rings (SSSR count). The standard InChI is InChI=1S/C11H11ClN2O2/c1-2-14-9-5-7(6-10(15)16)3-4-8(9)11(12)13-14/h3-5H,2,6H2,1H3,(H,15,16). The molecule has 1 N–H and O–H groups in total. The Balaban J connectivity index is 2.55. The van der Waals surface area contributed by atoms with Crippen LogP contribution in [0.15, 0.2) is 18.2 Å². The van der Waals surface area contributed by atoms with Crippen LogP contribution in [0.3, 0.4) is 0 Å². The predicted molar refractivity (Wildman–Crippen MR) is 61.8 cm³/mol. The SMILES string of the molecule is CCn1nc(Cl)c2ccc(CC(=O)O)cc21. The summed E-state index contributed by atoms with van der Waals surface area (Å²) in [4.78, 5) is 10.6. The molecule has 0 aliphatic heterocycles. The van der Waals surface area contributed by atoms with Crippen LogP contribution in [0, 0.1) is 0 Å². The minimum atomic E-state index is -0.840. The van der Waals surface area contributed by atoms with Crippen LogP contribution < -0.4 is 0 Å². The molecule has 0 aliphatic rings. The van der Waals surface area contributed by atoms with Crippen molar-refractivity contribution in [2.75, 3.05) is 0 Å². The van der Waals surface area contributed by atoms with Crippen molar-refractivity contribution >= 4 is 28.5 Å². The number of hydrogen-bond donors (Lipinski definition) is 1. The molecule has 84 valence electrons. The van der Waals surface area contributed by atoms with Crippen LogP contribution in [0.2, 0.25) is 5.15 Å². The quantitative estimate of drug-likeness (QED) is 0.893. The first-order valence-corrected chi connectivity index (χ1v) is 5.36. The lowest BCUT2D eigenvalue weighted by Crippen LogP contribution is -2.01. The van der Waals surface area contributed by atoms with Gasteiger partial charge in [-0.25, -0.2) is 0 Å². The van der Waals surface area contributed by atoms with Gasteiger partial charge in [-0.15, -0.1) is 0 Å². The zero-order valence-electron chi connectivity index (χ0n) is 8.77. The molecule has 5 heteroatoms. The Morgan fingerprint density at radius 3 is 2.94 bits per heavy atom. The maximum Gasteiger partial charge on any atom is 0.307 e. The zero-order valence-corrected chi connectivity index (χ0v) is 9.53. The molecule has 0 saturated carbocycles. The van der Waals surface area contributed by atoms with Crippen LogP contribution in [0.5, 0.6) is 0 Å². The van der Waals surface area contributed by atoms with Gasteiger partial charge < -0.3 is 5.11 Å². The molecule has 0 saturated heterocycles. The van der Waals surface area contributed by atoms with Gasteiger partial charge in [0, 0.05) is 11.9 Å². The van der Waals surface area contributed by atoms with E-state index in [1.807, 2.05) is 19.1 Å². The summed E-state index contributed by atoms with van der Waals surface area (Å²) in [5.41, 5.74) is 1.64. The maximum absolute atomic E-state index is 10.6. The summed E-state index contributed by atoms with van der Waals surface area (Å²) in [5.74, 6) is -0.840. The first-order chi connectivity index (χ1) is 7.61. The average Bonchev–Trinajstić information content (AvgIpc) is 2.54. The monoisotopic (exact) mass is 238 g/mol. The molecule has 0 bridgehead atoms. The van der Waals surface area contributed by atoms with Crippen molar-refractivity contribution in [2.45, 2.75) is 19.9 Å². The van der Waals surface area contributed by atoms with Gasteiger partial charge in [0.15, 0.2) is 5.15 Å². The molecule has 0 radical (unpaired) electrons. The van der Waals surface area contributed by atoms with Gasteiger partial charge in [-0.2, -0.15) is 5.10 Å². The molecule has 0 aliphatic carbocycles. The smallest absolute Gasteiger partial charge is 0.307 e. The fourth-order valence-electron chi connectivity index (χ4n) is 1.70. The summed E-state index contributed by atoms with van der Waals surface area (Å²) in [7, 11) is 0. The Morgan fingerprint density at radius 2 is 2.31 bits per heavy atom. The second kappa shape index (κ2) is 4.14. The number of hydrogen-bond acceptors (Lipinski definition) is 2. The topological polar surface area (TPSA) is 55.1 Å². The molecule has 16 heavy (non-hydrogen) atoms. The van der Waals surface area contributed by atoms with Crippen molar-refractivity contribution in [1.29, 1.82) is 0 Å². The fraction of sp³-hybridized carbons (Fsp3) is 0.273. The van der Waals surface area contributed by atoms with Crippen LogP contribution in [0.4, 0.5) is 0 Å². The molecule has 0 unspecified atom stereocenters. The molecule has 4 nitrogen and oxygen atoms in total. The van der Waals surface area contributed by atoms with E-state index in [-0.39, 0.29) is 6.42 Å². The summed E-state index contributed by atoms with van der Waals surface area (Å²) in [6, 6.07) is 5.41. The number of nitrogens with zero attached hydrogens (tertiary/aromatic N) is 2. The van der Waals surface area contributed by atoms with Crippen LogP contribution >= 0.6 is 11.6 Å². The third-order valence-electron chi connectivity index (χ3n) is 2.43. The number of carbonyl (C=O) groups is 1. The predicted octanol–water partition coefficient (Wildman–Crippen LogP) is 2.34. The maximum atomic E-state index is 10.6. The second-order valence-corrected chi connectivity index (χ2v) is 3.89. The number of aromatic nitrogens is 2. The van der Waals surface area contributed by atoms with Crippen LogP contribution in [0.25, 0.3) is 10.9 Å². The van der Waals surface area contributed by atoms with E-state index in [0.717, 1.165) is 16.5 Å². The van der Waals surface area contributed by atoms with Gasteiger partial charge in [0.05, 0.1) is 11.9 Å². The van der Waals surface area contributed by atoms with E-state index >= 15 is 0 Å². The van der Waals surface area contributed by atoms with E-state index in [1.165, 1.54) is 0 Å². The lowest BCUT2D eigenvalue weighted by Gasteiger charge is -2.00. The van der Waals surface area contributed by atoms with Gasteiger partial charge in [0.2, 0.25) is 0 Å². The van der Waals surface area contributed by atoms with E-state index in [4.69, 9.17) is 16.7 Å². The van der Waals surface area contributed by atoms with E-state index in [2.05, 4.69) is 5.10 Å². The van der Waals surface area contributed by atoms with E-state index in [9.17, 15) is 4.79 Å². The molecule has 2 aromatic rings. The summed E-state index contributed by atoms with van der Waals surface area (Å²) in [5, 5.41) is 14.2. The number of carboxylic acid groups (broad SMARTS) is 1. The average molecular weight is 239 g/mol. The number of fused-ring (bicyclic) bond motifs is 1. The van der Waals surface area contributed by atoms with Crippen LogP contribution in [0.1, 0.15) is 12.5 Å². The Hall–Kier alpha value is -1.55. The van der Waals surface area contributed by atoms with Gasteiger partial charge in [-0.1, -0.05) is 17.7 Å². The number of carboxylic acids is 1. The number of rotatable bonds is 3. The van der Waals surface area contributed by atoms with Crippen molar-refractivity contribution in [1.82, 2.24) is 9.78 Å². The highest BCUT2D eigenvalue weighted by Gasteiger charge is 2.09. The fourth-order valence-corrected chi connectivity index (χ4v) is 1.96. The molecule has 0 atom stereocenters. The molecular formula is C11H11ClN2O2. The Bertz CT molecular complexity index is 548. The Labute approximate surface area is 97.4 Å². The van der Waals surface area contributed by atoms with Crippen molar-refractivity contribution in [3.8, 4) is 0 Å². The summed E-state index contributed by atoms with van der Waals surface area (Å²) in [6.07, 6.45) is 0.0163. The lowest BCUT2D eigenvalue weighted by atomic mass is 10.1. The first-order valence-electron chi connectivity index (χ1n) is 4.98. The van der Waals surface area contributed by atoms with Crippen molar-refractivity contribution < 1.29 is 9.90 Å². The summed E-state index contributed by atoms with van der Waals surface area (Å²) in [6.45, 7) is 2.67. The van der Waals surface area contributed by atoms with E-state index < -0.39 is 5.97 Å². The van der Waals surface area contributed by atoms with Crippen molar-refractivity contribution in [3.63, 3.8) is 0 Å². The van der Waals surface area contributed by atoms with E-state index in [1.54, 1.807) is 10.7 Å². The summed E-state index contributed by atoms with van der Waals surface area (Å²) < 4.78 is 1.77. The first kappa shape index (κ1) is 11.0. The third kappa shape index (κ3) is 1.88. The molecule has 0 fully saturated rings. The Kier molecular flexibility index (Phi) is 2.83. The lowest BCUT2D eigenvalue weighted by molar-refractivity contribution is -0.136. The molecular weight excluding hydrogens is 228 g/mol. The van der Waals surface area contributed by atoms with Crippen LogP contribution in [-0.4, -0.2) is 20.9 Å². The van der Waals surface area contributed by atoms with Crippen molar-refractivity contribution in [2.24, 2.45) is 0 Å². The molecule has 1 aromatic heterocycles. The van der Waals surface area contributed by atoms with Gasteiger partial charge in [-0.3, -0.25) is 9.48 Å². The van der Waals surface area contributed by atoms with E-state index in [0.29, 0.717) is 11.7 Å². The van der Waals surface area contributed by atoms with Gasteiger partial charge >= 0.3 is 5.97 Å². The highest BCUT2D eigenvalue weighted by Crippen LogP contribution is 2.24. The third-order valence-corrected chi connectivity index (χ3v) is 2.71. The van der Waals surface area contributed by atoms with Crippen LogP contribution in [-0.2, 0) is 17.8 Å². The molecule has 1 heterocycles. The van der Waals surface area contributed by atoms with Gasteiger partial charge in [0.1, 0.15) is 0 Å².